The predicted octanol–water partition coefficient (Wildman–Crippen LogP) is 4.39. The minimum Gasteiger partial charge on any atom is -0.444 e. The summed E-state index contributed by atoms with van der Waals surface area (Å²) in [6.45, 7) is 13.5. The van der Waals surface area contributed by atoms with Gasteiger partial charge in [0.2, 0.25) is 0 Å². The van der Waals surface area contributed by atoms with E-state index in [0.717, 1.165) is 50.3 Å². The number of piperazine rings is 1. The third-order valence-corrected chi connectivity index (χ3v) is 6.97. The van der Waals surface area contributed by atoms with Crippen LogP contribution >= 0.6 is 0 Å². The zero-order valence-corrected chi connectivity index (χ0v) is 21.2. The maximum atomic E-state index is 15.8. The molecule has 33 heavy (non-hydrogen) atoms. The van der Waals surface area contributed by atoms with E-state index in [4.69, 9.17) is 4.74 Å². The van der Waals surface area contributed by atoms with E-state index < -0.39 is 11.0 Å². The molecule has 0 spiro atoms. The summed E-state index contributed by atoms with van der Waals surface area (Å²) in [7, 11) is 2.10. The van der Waals surface area contributed by atoms with E-state index in [1.807, 2.05) is 20.8 Å². The van der Waals surface area contributed by atoms with Crippen molar-refractivity contribution in [2.45, 2.75) is 71.3 Å². The molecule has 0 radical (unpaired) electrons. The lowest BCUT2D eigenvalue weighted by atomic mass is 9.68. The molecule has 3 rings (SSSR count). The van der Waals surface area contributed by atoms with Crippen LogP contribution in [0.4, 0.5) is 14.9 Å². The van der Waals surface area contributed by atoms with Gasteiger partial charge in [-0.05, 0) is 71.7 Å². The maximum absolute atomic E-state index is 15.8. The molecule has 7 heteroatoms. The van der Waals surface area contributed by atoms with Crippen LogP contribution in [0.3, 0.4) is 0 Å². The summed E-state index contributed by atoms with van der Waals surface area (Å²) in [6, 6.07) is 3.71. The molecular formula is C26H40FN3O3. The number of ether oxygens (including phenoxy) is 1. The molecule has 0 aromatic heterocycles. The molecule has 0 N–H and O–H groups in total. The largest absolute Gasteiger partial charge is 0.444 e. The number of Topliss-reactive ketones (excluding diaryl/α,β-unsaturated/α-hetero) is 1. The van der Waals surface area contributed by atoms with Crippen LogP contribution < -0.4 is 4.90 Å². The Hall–Kier alpha value is -2.15. The summed E-state index contributed by atoms with van der Waals surface area (Å²) in [5.74, 6) is -0.328. The topological polar surface area (TPSA) is 53.1 Å². The van der Waals surface area contributed by atoms with Crippen LogP contribution in [0.15, 0.2) is 12.1 Å². The van der Waals surface area contributed by atoms with E-state index in [1.165, 1.54) is 0 Å². The van der Waals surface area contributed by atoms with Crippen LogP contribution in [-0.4, -0.2) is 73.6 Å². The number of ketones is 1. The Kier molecular flexibility index (Phi) is 7.72. The van der Waals surface area contributed by atoms with Gasteiger partial charge in [-0.2, -0.15) is 0 Å². The molecule has 1 aromatic carbocycles. The Balaban J connectivity index is 1.91. The number of carbonyl (C=O) groups is 2. The van der Waals surface area contributed by atoms with Crippen molar-refractivity contribution < 1.29 is 18.7 Å². The molecule has 0 aliphatic carbocycles. The molecule has 0 bridgehead atoms. The molecular weight excluding hydrogens is 421 g/mol. The van der Waals surface area contributed by atoms with Gasteiger partial charge >= 0.3 is 6.09 Å². The number of likely N-dealkylation sites (tertiary alicyclic amines) is 1. The Bertz CT molecular complexity index is 864. The van der Waals surface area contributed by atoms with Crippen molar-refractivity contribution in [3.8, 4) is 0 Å². The van der Waals surface area contributed by atoms with Gasteiger partial charge in [0, 0.05) is 50.5 Å². The molecule has 2 saturated heterocycles. The number of rotatable bonds is 5. The van der Waals surface area contributed by atoms with Crippen molar-refractivity contribution in [3.63, 3.8) is 0 Å². The second kappa shape index (κ2) is 10.00. The molecule has 0 unspecified atom stereocenters. The first-order valence-corrected chi connectivity index (χ1v) is 12.2. The van der Waals surface area contributed by atoms with Crippen molar-refractivity contribution in [1.82, 2.24) is 9.80 Å². The fraction of sp³-hybridized carbons (Fsp3) is 0.692. The van der Waals surface area contributed by atoms with Crippen LogP contribution in [0.1, 0.15) is 65.0 Å². The van der Waals surface area contributed by atoms with Gasteiger partial charge in [0.15, 0.2) is 0 Å². The van der Waals surface area contributed by atoms with Gasteiger partial charge in [-0.1, -0.05) is 13.3 Å². The van der Waals surface area contributed by atoms with E-state index in [0.29, 0.717) is 31.5 Å². The third-order valence-electron chi connectivity index (χ3n) is 6.97. The zero-order valence-electron chi connectivity index (χ0n) is 21.2. The highest BCUT2D eigenvalue weighted by molar-refractivity contribution is 5.89. The lowest BCUT2D eigenvalue weighted by Gasteiger charge is -2.42. The summed E-state index contributed by atoms with van der Waals surface area (Å²) in [6.07, 6.45) is 2.03. The molecule has 0 saturated carbocycles. The first kappa shape index (κ1) is 25.5. The van der Waals surface area contributed by atoms with Crippen molar-refractivity contribution >= 4 is 17.6 Å². The minimum absolute atomic E-state index is 0.0325. The second-order valence-corrected chi connectivity index (χ2v) is 10.6. The first-order valence-electron chi connectivity index (χ1n) is 12.2. The average molecular weight is 462 g/mol. The highest BCUT2D eigenvalue weighted by Gasteiger charge is 2.45. The third kappa shape index (κ3) is 5.68. The van der Waals surface area contributed by atoms with Crippen molar-refractivity contribution in [1.29, 1.82) is 0 Å². The SMILES string of the molecule is CCCc1cc(N2CCN(C)CC2)cc(F)c1C1(C(C)=O)CCN(C(=O)OC(C)(C)C)CC1. The molecule has 2 aliphatic rings. The van der Waals surface area contributed by atoms with Crippen LogP contribution in [0, 0.1) is 5.82 Å². The van der Waals surface area contributed by atoms with E-state index in [2.05, 4.69) is 29.8 Å². The molecule has 6 nitrogen and oxygen atoms in total. The molecule has 184 valence electrons. The van der Waals surface area contributed by atoms with Gasteiger partial charge in [-0.15, -0.1) is 0 Å². The number of likely N-dealkylation sites (N-methyl/N-ethyl adjacent to an activating group) is 1. The first-order chi connectivity index (χ1) is 15.5. The Labute approximate surface area is 198 Å². The number of amides is 1. The average Bonchev–Trinajstić information content (AvgIpc) is 2.73. The van der Waals surface area contributed by atoms with Crippen LogP contribution in [0.25, 0.3) is 0 Å². The Morgan fingerprint density at radius 1 is 1.06 bits per heavy atom. The van der Waals surface area contributed by atoms with E-state index in [1.54, 1.807) is 17.9 Å². The highest BCUT2D eigenvalue weighted by Crippen LogP contribution is 2.42. The van der Waals surface area contributed by atoms with E-state index in [9.17, 15) is 9.59 Å². The van der Waals surface area contributed by atoms with Crippen LogP contribution in [0.2, 0.25) is 0 Å². The fourth-order valence-electron chi connectivity index (χ4n) is 5.07. The lowest BCUT2D eigenvalue weighted by molar-refractivity contribution is -0.124. The number of benzene rings is 1. The minimum atomic E-state index is -0.909. The van der Waals surface area contributed by atoms with Gasteiger partial charge in [0.05, 0.1) is 5.41 Å². The summed E-state index contributed by atoms with van der Waals surface area (Å²) >= 11 is 0. The molecule has 2 fully saturated rings. The summed E-state index contributed by atoms with van der Waals surface area (Å²) in [4.78, 5) is 31.7. The Morgan fingerprint density at radius 2 is 1.67 bits per heavy atom. The zero-order chi connectivity index (χ0) is 24.4. The molecule has 1 aromatic rings. The number of anilines is 1. The number of hydrogen-bond donors (Lipinski definition) is 0. The normalized spacial score (nSPS) is 19.5. The fourth-order valence-corrected chi connectivity index (χ4v) is 5.07. The molecule has 1 amide bonds. The number of carbonyl (C=O) groups excluding carboxylic acids is 2. The summed E-state index contributed by atoms with van der Waals surface area (Å²) < 4.78 is 21.3. The van der Waals surface area contributed by atoms with Crippen molar-refractivity contribution in [2.24, 2.45) is 0 Å². The monoisotopic (exact) mass is 461 g/mol. The summed E-state index contributed by atoms with van der Waals surface area (Å²) in [5.41, 5.74) is 0.878. The predicted molar refractivity (Wildman–Crippen MR) is 130 cm³/mol. The van der Waals surface area contributed by atoms with Crippen LogP contribution in [0.5, 0.6) is 0 Å². The highest BCUT2D eigenvalue weighted by atomic mass is 19.1. The molecule has 0 atom stereocenters. The van der Waals surface area contributed by atoms with Crippen molar-refractivity contribution in [2.75, 3.05) is 51.2 Å². The van der Waals surface area contributed by atoms with E-state index in [-0.39, 0.29) is 17.7 Å². The van der Waals surface area contributed by atoms with Gasteiger partial charge in [0.25, 0.3) is 0 Å². The number of nitrogens with zero attached hydrogens (tertiary/aromatic N) is 3. The summed E-state index contributed by atoms with van der Waals surface area (Å²) in [5, 5.41) is 0. The van der Waals surface area contributed by atoms with Gasteiger partial charge < -0.3 is 19.4 Å². The Morgan fingerprint density at radius 3 is 2.18 bits per heavy atom. The van der Waals surface area contributed by atoms with Gasteiger partial charge in [-0.3, -0.25) is 4.79 Å². The lowest BCUT2D eigenvalue weighted by Crippen LogP contribution is -2.50. The number of aryl methyl sites for hydroxylation is 1. The van der Waals surface area contributed by atoms with Gasteiger partial charge in [0.1, 0.15) is 17.2 Å². The number of halogens is 1. The quantitative estimate of drug-likeness (QED) is 0.651. The second-order valence-electron chi connectivity index (χ2n) is 10.6. The van der Waals surface area contributed by atoms with Crippen molar-refractivity contribution in [3.05, 3.63) is 29.1 Å². The maximum Gasteiger partial charge on any atom is 0.410 e. The van der Waals surface area contributed by atoms with Gasteiger partial charge in [-0.25, -0.2) is 9.18 Å². The molecule has 2 aliphatic heterocycles. The van der Waals surface area contributed by atoms with Crippen LogP contribution in [-0.2, 0) is 21.4 Å². The number of piperidine rings is 1. The standard InChI is InChI=1S/C26H40FN3O3/c1-7-8-20-17-21(29-15-13-28(6)14-16-29)18-22(27)23(20)26(19(2)31)9-11-30(12-10-26)24(32)33-25(3,4)5/h17-18H,7-16H2,1-6H3. The molecule has 2 heterocycles. The number of hydrogen-bond acceptors (Lipinski definition) is 5. The van der Waals surface area contributed by atoms with E-state index >= 15 is 4.39 Å². The smallest absolute Gasteiger partial charge is 0.410 e.